The minimum atomic E-state index is -4.47. The van der Waals surface area contributed by atoms with Crippen LogP contribution in [0.15, 0.2) is 28.8 Å². The van der Waals surface area contributed by atoms with E-state index in [1.165, 1.54) is 57.0 Å². The highest BCUT2D eigenvalue weighted by Crippen LogP contribution is 2.45. The number of alkyl halides is 3. The van der Waals surface area contributed by atoms with Crippen LogP contribution >= 0.6 is 0 Å². The van der Waals surface area contributed by atoms with E-state index in [9.17, 15) is 18.3 Å². The fourth-order valence-electron chi connectivity index (χ4n) is 4.57. The molecule has 0 unspecified atom stereocenters. The minimum absolute atomic E-state index is 0.0558. The van der Waals surface area contributed by atoms with Crippen LogP contribution in [0.1, 0.15) is 61.3 Å². The molecule has 1 aromatic carbocycles. The summed E-state index contributed by atoms with van der Waals surface area (Å²) < 4.78 is 44.2. The normalized spacial score (nSPS) is 24.0. The van der Waals surface area contributed by atoms with Crippen molar-refractivity contribution in [3.05, 3.63) is 41.2 Å². The van der Waals surface area contributed by atoms with Crippen molar-refractivity contribution in [1.29, 1.82) is 0 Å². The predicted molar refractivity (Wildman–Crippen MR) is 103 cm³/mol. The maximum absolute atomic E-state index is 13.0. The van der Waals surface area contributed by atoms with E-state index in [0.29, 0.717) is 11.3 Å². The van der Waals surface area contributed by atoms with Crippen LogP contribution in [0.2, 0.25) is 0 Å². The van der Waals surface area contributed by atoms with Gasteiger partial charge in [0.15, 0.2) is 0 Å². The predicted octanol–water partition coefficient (Wildman–Crippen LogP) is 5.13. The van der Waals surface area contributed by atoms with Crippen molar-refractivity contribution >= 4 is 0 Å². The molecule has 0 radical (unpaired) electrons. The van der Waals surface area contributed by atoms with Gasteiger partial charge in [0.05, 0.1) is 12.2 Å². The first-order valence-corrected chi connectivity index (χ1v) is 10.5. The topological polar surface area (TPSA) is 58.3 Å². The third-order valence-electron chi connectivity index (χ3n) is 6.29. The van der Waals surface area contributed by atoms with Crippen molar-refractivity contribution in [2.24, 2.45) is 11.8 Å². The summed E-state index contributed by atoms with van der Waals surface area (Å²) >= 11 is 0. The molecule has 2 heterocycles. The highest BCUT2D eigenvalue weighted by Gasteiger charge is 2.37. The number of hydrogen-bond donors (Lipinski definition) is 2. The first-order chi connectivity index (χ1) is 14.0. The summed E-state index contributed by atoms with van der Waals surface area (Å²) in [5.41, 5.74) is -0.378. The lowest BCUT2D eigenvalue weighted by Crippen LogP contribution is -2.16. The number of nitrogens with zero attached hydrogens (tertiary/aromatic N) is 1. The molecule has 1 saturated heterocycles. The Morgan fingerprint density at radius 1 is 1.03 bits per heavy atom. The molecular weight excluding hydrogens is 381 g/mol. The third-order valence-corrected chi connectivity index (χ3v) is 6.29. The van der Waals surface area contributed by atoms with Gasteiger partial charge in [0.2, 0.25) is 0 Å². The zero-order valence-corrected chi connectivity index (χ0v) is 16.3. The maximum atomic E-state index is 13.0. The average Bonchev–Trinajstić information content (AvgIpc) is 3.29. The number of nitrogens with one attached hydrogen (secondary N) is 1. The molecule has 3 fully saturated rings. The second-order valence-electron chi connectivity index (χ2n) is 8.31. The smallest absolute Gasteiger partial charge is 0.391 e. The molecule has 2 aromatic rings. The molecule has 1 aliphatic heterocycles. The molecule has 158 valence electrons. The number of hydrogen-bond acceptors (Lipinski definition) is 4. The monoisotopic (exact) mass is 408 g/mol. The van der Waals surface area contributed by atoms with Crippen LogP contribution in [0.3, 0.4) is 0 Å². The van der Waals surface area contributed by atoms with Gasteiger partial charge >= 0.3 is 6.18 Å². The summed E-state index contributed by atoms with van der Waals surface area (Å²) in [6.07, 6.45) is 3.34. The van der Waals surface area contributed by atoms with Crippen LogP contribution in [-0.2, 0) is 12.8 Å². The van der Waals surface area contributed by atoms with Gasteiger partial charge in [-0.15, -0.1) is 0 Å². The molecule has 2 atom stereocenters. The highest BCUT2D eigenvalue weighted by molar-refractivity contribution is 5.68. The van der Waals surface area contributed by atoms with Crippen molar-refractivity contribution in [3.8, 4) is 11.3 Å². The summed E-state index contributed by atoms with van der Waals surface area (Å²) in [4.78, 5) is 0. The first kappa shape index (κ1) is 20.4. The van der Waals surface area contributed by atoms with Gasteiger partial charge in [-0.3, -0.25) is 0 Å². The van der Waals surface area contributed by atoms with Crippen molar-refractivity contribution in [1.82, 2.24) is 10.5 Å². The SMILES string of the molecule is C1CC[C@H]2CNC[C@H]2C1.OCc1c(-c2ccccc2C(F)(F)F)noc1C1CC1. The fraction of sp³-hybridized carbons (Fsp3) is 0.591. The second kappa shape index (κ2) is 8.48. The summed E-state index contributed by atoms with van der Waals surface area (Å²) in [5, 5.41) is 16.7. The third kappa shape index (κ3) is 4.51. The lowest BCUT2D eigenvalue weighted by molar-refractivity contribution is -0.137. The number of aliphatic hydroxyl groups excluding tert-OH is 1. The highest BCUT2D eigenvalue weighted by atomic mass is 19.4. The van der Waals surface area contributed by atoms with Crippen LogP contribution in [0.5, 0.6) is 0 Å². The molecule has 2 aliphatic carbocycles. The standard InChI is InChI=1S/C14H12F3NO2.C8H15N/c15-14(16,17)11-4-2-1-3-9(11)12-10(7-19)13(20-18-12)8-5-6-8;1-2-4-8-6-9-5-7(8)3-1/h1-4,8,19H,5-7H2;7-9H,1-6H2/t;7-,8+. The average molecular weight is 408 g/mol. The fourth-order valence-corrected chi connectivity index (χ4v) is 4.57. The Kier molecular flexibility index (Phi) is 5.97. The molecule has 4 nitrogen and oxygen atoms in total. The molecular formula is C22H27F3N2O2. The van der Waals surface area contributed by atoms with Crippen LogP contribution in [0.25, 0.3) is 11.3 Å². The van der Waals surface area contributed by atoms with Crippen LogP contribution in [0, 0.1) is 11.8 Å². The Hall–Kier alpha value is -1.86. The van der Waals surface area contributed by atoms with E-state index in [4.69, 9.17) is 4.52 Å². The van der Waals surface area contributed by atoms with E-state index in [1.54, 1.807) is 0 Å². The number of fused-ring (bicyclic) bond motifs is 1. The van der Waals surface area contributed by atoms with Crippen LogP contribution < -0.4 is 5.32 Å². The largest absolute Gasteiger partial charge is 0.417 e. The number of rotatable bonds is 3. The van der Waals surface area contributed by atoms with E-state index in [2.05, 4.69) is 10.5 Å². The van der Waals surface area contributed by atoms with Crippen LogP contribution in [0.4, 0.5) is 13.2 Å². The van der Waals surface area contributed by atoms with E-state index >= 15 is 0 Å². The van der Waals surface area contributed by atoms with E-state index in [1.807, 2.05) is 0 Å². The van der Waals surface area contributed by atoms with Crippen molar-refractivity contribution < 1.29 is 22.8 Å². The Bertz CT molecular complexity index is 818. The zero-order valence-electron chi connectivity index (χ0n) is 16.3. The molecule has 29 heavy (non-hydrogen) atoms. The number of benzene rings is 1. The summed E-state index contributed by atoms with van der Waals surface area (Å²) in [6.45, 7) is 2.24. The minimum Gasteiger partial charge on any atom is -0.391 e. The number of halogens is 3. The zero-order chi connectivity index (χ0) is 20.4. The lowest BCUT2D eigenvalue weighted by Gasteiger charge is -2.23. The quantitative estimate of drug-likeness (QED) is 0.740. The Labute approximate surface area is 168 Å². The van der Waals surface area contributed by atoms with E-state index in [-0.39, 0.29) is 23.8 Å². The molecule has 0 spiro atoms. The van der Waals surface area contributed by atoms with Crippen molar-refractivity contribution in [2.45, 2.75) is 57.2 Å². The van der Waals surface area contributed by atoms with Gasteiger partial charge in [-0.05, 0) is 56.7 Å². The summed E-state index contributed by atoms with van der Waals surface area (Å²) in [7, 11) is 0. The molecule has 0 amide bonds. The van der Waals surface area contributed by atoms with Crippen molar-refractivity contribution in [3.63, 3.8) is 0 Å². The summed E-state index contributed by atoms with van der Waals surface area (Å²) in [6, 6.07) is 5.18. The number of aliphatic hydroxyl groups is 1. The van der Waals surface area contributed by atoms with E-state index in [0.717, 1.165) is 30.7 Å². The molecule has 2 N–H and O–H groups in total. The Morgan fingerprint density at radius 2 is 1.69 bits per heavy atom. The van der Waals surface area contributed by atoms with Gasteiger partial charge < -0.3 is 14.9 Å². The molecule has 7 heteroatoms. The van der Waals surface area contributed by atoms with Gasteiger partial charge in [0, 0.05) is 17.0 Å². The maximum Gasteiger partial charge on any atom is 0.417 e. The van der Waals surface area contributed by atoms with Crippen molar-refractivity contribution in [2.75, 3.05) is 13.1 Å². The van der Waals surface area contributed by atoms with Gasteiger partial charge in [0.1, 0.15) is 11.5 Å². The van der Waals surface area contributed by atoms with Gasteiger partial charge in [-0.1, -0.05) is 36.2 Å². The van der Waals surface area contributed by atoms with E-state index < -0.39 is 11.7 Å². The molecule has 5 rings (SSSR count). The molecule has 3 aliphatic rings. The molecule has 1 aromatic heterocycles. The first-order valence-electron chi connectivity index (χ1n) is 10.5. The number of aromatic nitrogens is 1. The van der Waals surface area contributed by atoms with Gasteiger partial charge in [-0.2, -0.15) is 13.2 Å². The Morgan fingerprint density at radius 3 is 2.28 bits per heavy atom. The lowest BCUT2D eigenvalue weighted by atomic mass is 9.82. The van der Waals surface area contributed by atoms with Gasteiger partial charge in [0.25, 0.3) is 0 Å². The molecule has 0 bridgehead atoms. The second-order valence-corrected chi connectivity index (χ2v) is 8.31. The molecule has 2 saturated carbocycles. The summed E-state index contributed by atoms with van der Waals surface area (Å²) in [5.74, 6) is 2.80. The van der Waals surface area contributed by atoms with Gasteiger partial charge in [-0.25, -0.2) is 0 Å². The van der Waals surface area contributed by atoms with Crippen LogP contribution in [-0.4, -0.2) is 23.4 Å². The Balaban J connectivity index is 0.000000188.